The summed E-state index contributed by atoms with van der Waals surface area (Å²) >= 11 is 9.51. The molecule has 2 aromatic carbocycles. The molecule has 1 N–H and O–H groups in total. The van der Waals surface area contributed by atoms with Gasteiger partial charge < -0.3 is 9.84 Å². The van der Waals surface area contributed by atoms with Crippen molar-refractivity contribution in [1.29, 1.82) is 0 Å². The van der Waals surface area contributed by atoms with Crippen molar-refractivity contribution in [2.75, 3.05) is 6.61 Å². The Morgan fingerprint density at radius 3 is 2.90 bits per heavy atom. The smallest absolute Gasteiger partial charge is 0.125 e. The molecular weight excluding hydrogens is 352 g/mol. The van der Waals surface area contributed by atoms with Crippen LogP contribution in [0.15, 0.2) is 40.9 Å². The van der Waals surface area contributed by atoms with Gasteiger partial charge in [0.25, 0.3) is 0 Å². The van der Waals surface area contributed by atoms with Crippen molar-refractivity contribution in [1.82, 2.24) is 0 Å². The third kappa shape index (κ3) is 3.60. The molecule has 0 aliphatic carbocycles. The van der Waals surface area contributed by atoms with E-state index >= 15 is 0 Å². The van der Waals surface area contributed by atoms with Gasteiger partial charge in [0.1, 0.15) is 5.75 Å². The lowest BCUT2D eigenvalue weighted by Gasteiger charge is -2.14. The summed E-state index contributed by atoms with van der Waals surface area (Å²) in [5.41, 5.74) is 3.32. The van der Waals surface area contributed by atoms with E-state index < -0.39 is 6.10 Å². The highest BCUT2D eigenvalue weighted by Gasteiger charge is 2.19. The van der Waals surface area contributed by atoms with E-state index in [1.54, 1.807) is 0 Å². The number of fused-ring (bicyclic) bond motifs is 1. The van der Waals surface area contributed by atoms with Crippen molar-refractivity contribution in [2.45, 2.75) is 25.4 Å². The molecule has 1 heterocycles. The third-order valence-electron chi connectivity index (χ3n) is 3.64. The van der Waals surface area contributed by atoms with E-state index in [0.29, 0.717) is 17.9 Å². The highest BCUT2D eigenvalue weighted by atomic mass is 79.9. The molecule has 0 aromatic heterocycles. The second-order valence-electron chi connectivity index (χ2n) is 5.34. The summed E-state index contributed by atoms with van der Waals surface area (Å²) in [6.45, 7) is 0.725. The minimum absolute atomic E-state index is 0.453. The first kappa shape index (κ1) is 14.9. The van der Waals surface area contributed by atoms with Crippen LogP contribution in [-0.4, -0.2) is 17.8 Å². The standard InChI is InChI=1S/C17H16BrClO2/c18-14-8-12-4-5-21-17(12)13(9-14)10-16(20)7-11-2-1-3-15(19)6-11/h1-3,6,8-9,16,20H,4-5,7,10H2. The van der Waals surface area contributed by atoms with Crippen LogP contribution in [0, 0.1) is 0 Å². The fourth-order valence-corrected chi connectivity index (χ4v) is 3.53. The topological polar surface area (TPSA) is 29.5 Å². The monoisotopic (exact) mass is 366 g/mol. The van der Waals surface area contributed by atoms with Crippen LogP contribution in [-0.2, 0) is 19.3 Å². The fraction of sp³-hybridized carbons (Fsp3) is 0.294. The minimum atomic E-state index is -0.453. The Hall–Kier alpha value is -1.03. The Morgan fingerprint density at radius 1 is 1.24 bits per heavy atom. The van der Waals surface area contributed by atoms with E-state index in [1.807, 2.05) is 30.3 Å². The second-order valence-corrected chi connectivity index (χ2v) is 6.70. The van der Waals surface area contributed by atoms with Crippen molar-refractivity contribution < 1.29 is 9.84 Å². The van der Waals surface area contributed by atoms with E-state index in [2.05, 4.69) is 22.0 Å². The first-order valence-corrected chi connectivity index (χ1v) is 8.15. The summed E-state index contributed by atoms with van der Waals surface area (Å²) in [6.07, 6.45) is 1.65. The number of aliphatic hydroxyl groups excluding tert-OH is 1. The average Bonchev–Trinajstić information content (AvgIpc) is 2.86. The minimum Gasteiger partial charge on any atom is -0.493 e. The molecule has 0 saturated heterocycles. The molecule has 1 atom stereocenters. The molecule has 110 valence electrons. The molecule has 1 aliphatic heterocycles. The number of ether oxygens (including phenoxy) is 1. The van der Waals surface area contributed by atoms with Gasteiger partial charge in [0.15, 0.2) is 0 Å². The summed E-state index contributed by atoms with van der Waals surface area (Å²) in [7, 11) is 0. The lowest BCUT2D eigenvalue weighted by Crippen LogP contribution is -2.14. The normalized spacial score (nSPS) is 14.6. The van der Waals surface area contributed by atoms with E-state index in [9.17, 15) is 5.11 Å². The van der Waals surface area contributed by atoms with Gasteiger partial charge in [-0.05, 0) is 47.4 Å². The van der Waals surface area contributed by atoms with Gasteiger partial charge in [0.2, 0.25) is 0 Å². The second kappa shape index (κ2) is 6.39. The number of aliphatic hydroxyl groups is 1. The van der Waals surface area contributed by atoms with Gasteiger partial charge in [-0.3, -0.25) is 0 Å². The molecule has 2 nitrogen and oxygen atoms in total. The van der Waals surface area contributed by atoms with Crippen LogP contribution in [0.4, 0.5) is 0 Å². The van der Waals surface area contributed by atoms with Crippen molar-refractivity contribution in [3.8, 4) is 5.75 Å². The van der Waals surface area contributed by atoms with Gasteiger partial charge >= 0.3 is 0 Å². The van der Waals surface area contributed by atoms with Crippen molar-refractivity contribution in [3.05, 3.63) is 62.6 Å². The lowest BCUT2D eigenvalue weighted by molar-refractivity contribution is 0.174. The average molecular weight is 368 g/mol. The molecule has 0 bridgehead atoms. The zero-order chi connectivity index (χ0) is 14.8. The fourth-order valence-electron chi connectivity index (χ4n) is 2.76. The van der Waals surface area contributed by atoms with E-state index in [0.717, 1.165) is 34.4 Å². The number of benzene rings is 2. The summed E-state index contributed by atoms with van der Waals surface area (Å²) in [5, 5.41) is 11.1. The summed E-state index contributed by atoms with van der Waals surface area (Å²) < 4.78 is 6.74. The predicted molar refractivity (Wildman–Crippen MR) is 88.2 cm³/mol. The maximum absolute atomic E-state index is 10.4. The third-order valence-corrected chi connectivity index (χ3v) is 4.33. The van der Waals surface area contributed by atoms with Crippen LogP contribution in [0.5, 0.6) is 5.75 Å². The molecule has 1 unspecified atom stereocenters. The van der Waals surface area contributed by atoms with Crippen molar-refractivity contribution >= 4 is 27.5 Å². The summed E-state index contributed by atoms with van der Waals surface area (Å²) in [5.74, 6) is 0.948. The Kier molecular flexibility index (Phi) is 4.53. The Labute approximate surface area is 137 Å². The van der Waals surface area contributed by atoms with Crippen molar-refractivity contribution in [3.63, 3.8) is 0 Å². The van der Waals surface area contributed by atoms with Gasteiger partial charge in [-0.15, -0.1) is 0 Å². The molecule has 0 fully saturated rings. The van der Waals surface area contributed by atoms with Crippen LogP contribution in [0.1, 0.15) is 16.7 Å². The summed E-state index contributed by atoms with van der Waals surface area (Å²) in [6, 6.07) is 11.8. The van der Waals surface area contributed by atoms with Gasteiger partial charge in [-0.25, -0.2) is 0 Å². The summed E-state index contributed by atoms with van der Waals surface area (Å²) in [4.78, 5) is 0. The molecule has 0 radical (unpaired) electrons. The molecule has 1 aliphatic rings. The first-order valence-electron chi connectivity index (χ1n) is 6.98. The lowest BCUT2D eigenvalue weighted by atomic mass is 9.99. The largest absolute Gasteiger partial charge is 0.493 e. The number of hydrogen-bond acceptors (Lipinski definition) is 2. The SMILES string of the molecule is OC(Cc1cccc(Cl)c1)Cc1cc(Br)cc2c1OCC2. The van der Waals surface area contributed by atoms with E-state index in [-0.39, 0.29) is 0 Å². The van der Waals surface area contributed by atoms with Crippen molar-refractivity contribution in [2.24, 2.45) is 0 Å². The zero-order valence-electron chi connectivity index (χ0n) is 11.5. The molecule has 0 spiro atoms. The van der Waals surface area contributed by atoms with Gasteiger partial charge in [-0.1, -0.05) is 39.7 Å². The van der Waals surface area contributed by atoms with Crippen LogP contribution in [0.2, 0.25) is 5.02 Å². The maximum atomic E-state index is 10.4. The molecule has 0 saturated carbocycles. The highest BCUT2D eigenvalue weighted by molar-refractivity contribution is 9.10. The van der Waals surface area contributed by atoms with Crippen LogP contribution < -0.4 is 4.74 Å². The van der Waals surface area contributed by atoms with Crippen LogP contribution in [0.3, 0.4) is 0 Å². The van der Waals surface area contributed by atoms with Gasteiger partial charge in [0.05, 0.1) is 12.7 Å². The van der Waals surface area contributed by atoms with Gasteiger partial charge in [0, 0.05) is 22.3 Å². The number of rotatable bonds is 4. The zero-order valence-corrected chi connectivity index (χ0v) is 13.8. The number of halogens is 2. The van der Waals surface area contributed by atoms with Gasteiger partial charge in [-0.2, -0.15) is 0 Å². The van der Waals surface area contributed by atoms with E-state index in [4.69, 9.17) is 16.3 Å². The maximum Gasteiger partial charge on any atom is 0.125 e. The Balaban J connectivity index is 1.75. The highest BCUT2D eigenvalue weighted by Crippen LogP contribution is 2.34. The van der Waals surface area contributed by atoms with E-state index in [1.165, 1.54) is 5.56 Å². The number of hydrogen-bond donors (Lipinski definition) is 1. The Bertz CT molecular complexity index is 657. The quantitative estimate of drug-likeness (QED) is 0.878. The Morgan fingerprint density at radius 2 is 2.10 bits per heavy atom. The molecule has 2 aromatic rings. The molecule has 3 rings (SSSR count). The predicted octanol–water partition coefficient (Wildman–Crippen LogP) is 4.18. The van der Waals surface area contributed by atoms with Crippen LogP contribution >= 0.6 is 27.5 Å². The molecule has 4 heteroatoms. The van der Waals surface area contributed by atoms with Crippen LogP contribution in [0.25, 0.3) is 0 Å². The molecule has 21 heavy (non-hydrogen) atoms. The first-order chi connectivity index (χ1) is 10.1. The molecular formula is C17H16BrClO2. The molecule has 0 amide bonds.